The maximum Gasteiger partial charge on any atom is 0.416 e. The molecule has 23 heavy (non-hydrogen) atoms. The van der Waals surface area contributed by atoms with Gasteiger partial charge in [-0.25, -0.2) is 0 Å². The summed E-state index contributed by atoms with van der Waals surface area (Å²) in [6.07, 6.45) is -2.04. The zero-order valence-corrected chi connectivity index (χ0v) is 12.2. The van der Waals surface area contributed by atoms with Gasteiger partial charge in [0, 0.05) is 18.0 Å². The van der Waals surface area contributed by atoms with E-state index < -0.39 is 23.3 Å². The normalized spacial score (nSPS) is 24.3. The van der Waals surface area contributed by atoms with E-state index in [2.05, 4.69) is 4.98 Å². The van der Waals surface area contributed by atoms with Gasteiger partial charge in [0.25, 0.3) is 0 Å². The SMILES string of the molecule is Oc1cccnc1CC1(c2ccc(C(F)(F)F)cc2)CC(O)C1. The number of benzene rings is 1. The molecule has 1 heterocycles. The van der Waals surface area contributed by atoms with Crippen molar-refractivity contribution in [3.8, 4) is 5.75 Å². The van der Waals surface area contributed by atoms with Crippen molar-refractivity contribution in [3.63, 3.8) is 0 Å². The Balaban J connectivity index is 1.91. The average Bonchev–Trinajstić information content (AvgIpc) is 2.47. The molecule has 0 amide bonds. The summed E-state index contributed by atoms with van der Waals surface area (Å²) in [6, 6.07) is 8.15. The maximum atomic E-state index is 12.7. The summed E-state index contributed by atoms with van der Waals surface area (Å²) in [5, 5.41) is 19.6. The van der Waals surface area contributed by atoms with E-state index in [-0.39, 0.29) is 5.75 Å². The molecule has 2 N–H and O–H groups in total. The van der Waals surface area contributed by atoms with Crippen LogP contribution < -0.4 is 0 Å². The van der Waals surface area contributed by atoms with Gasteiger partial charge in [0.15, 0.2) is 0 Å². The van der Waals surface area contributed by atoms with E-state index >= 15 is 0 Å². The molecule has 1 aromatic carbocycles. The summed E-state index contributed by atoms with van der Waals surface area (Å²) in [5.74, 6) is 0.0557. The number of hydrogen-bond acceptors (Lipinski definition) is 3. The van der Waals surface area contributed by atoms with E-state index in [0.29, 0.717) is 25.0 Å². The van der Waals surface area contributed by atoms with Crippen molar-refractivity contribution >= 4 is 0 Å². The Morgan fingerprint density at radius 1 is 1.13 bits per heavy atom. The predicted molar refractivity (Wildman–Crippen MR) is 78.0 cm³/mol. The molecule has 0 radical (unpaired) electrons. The van der Waals surface area contributed by atoms with E-state index in [1.807, 2.05) is 0 Å². The second kappa shape index (κ2) is 5.53. The molecule has 1 saturated carbocycles. The molecule has 0 saturated heterocycles. The molecule has 0 bridgehead atoms. The fourth-order valence-corrected chi connectivity index (χ4v) is 3.22. The van der Waals surface area contributed by atoms with E-state index in [0.717, 1.165) is 17.7 Å². The molecule has 122 valence electrons. The maximum absolute atomic E-state index is 12.7. The lowest BCUT2D eigenvalue weighted by molar-refractivity contribution is -0.137. The van der Waals surface area contributed by atoms with Gasteiger partial charge in [-0.2, -0.15) is 13.2 Å². The van der Waals surface area contributed by atoms with Crippen LogP contribution in [0.2, 0.25) is 0 Å². The van der Waals surface area contributed by atoms with E-state index in [4.69, 9.17) is 0 Å². The largest absolute Gasteiger partial charge is 0.506 e. The fourth-order valence-electron chi connectivity index (χ4n) is 3.22. The summed E-state index contributed by atoms with van der Waals surface area (Å²) in [5.41, 5.74) is 0.0205. The van der Waals surface area contributed by atoms with Crippen molar-refractivity contribution in [3.05, 3.63) is 59.4 Å². The van der Waals surface area contributed by atoms with Gasteiger partial charge in [-0.1, -0.05) is 12.1 Å². The smallest absolute Gasteiger partial charge is 0.416 e. The van der Waals surface area contributed by atoms with Crippen LogP contribution in [0.25, 0.3) is 0 Å². The van der Waals surface area contributed by atoms with Crippen LogP contribution in [0.3, 0.4) is 0 Å². The van der Waals surface area contributed by atoms with Gasteiger partial charge in [0.2, 0.25) is 0 Å². The highest BCUT2D eigenvalue weighted by Crippen LogP contribution is 2.47. The van der Waals surface area contributed by atoms with Gasteiger partial charge in [-0.15, -0.1) is 0 Å². The van der Waals surface area contributed by atoms with E-state index in [1.54, 1.807) is 12.3 Å². The van der Waals surface area contributed by atoms with Gasteiger partial charge in [-0.3, -0.25) is 4.98 Å². The molecule has 1 aliphatic carbocycles. The summed E-state index contributed by atoms with van der Waals surface area (Å²) >= 11 is 0. The Hall–Kier alpha value is -2.08. The van der Waals surface area contributed by atoms with Crippen LogP contribution in [-0.4, -0.2) is 21.3 Å². The molecule has 1 fully saturated rings. The third-order valence-electron chi connectivity index (χ3n) is 4.45. The first-order chi connectivity index (χ1) is 10.8. The Morgan fingerprint density at radius 3 is 2.30 bits per heavy atom. The first kappa shape index (κ1) is 15.8. The first-order valence-corrected chi connectivity index (χ1v) is 7.29. The van der Waals surface area contributed by atoms with Gasteiger partial charge in [-0.05, 0) is 42.7 Å². The minimum Gasteiger partial charge on any atom is -0.506 e. The number of nitrogens with zero attached hydrogens (tertiary/aromatic N) is 1. The summed E-state index contributed by atoms with van der Waals surface area (Å²) in [7, 11) is 0. The molecular formula is C17H16F3NO2. The molecule has 3 rings (SSSR count). The van der Waals surface area contributed by atoms with Crippen molar-refractivity contribution in [2.45, 2.75) is 37.0 Å². The molecule has 3 nitrogen and oxygen atoms in total. The molecule has 0 spiro atoms. The molecule has 1 aromatic heterocycles. The summed E-state index contributed by atoms with van der Waals surface area (Å²) < 4.78 is 38.1. The zero-order valence-electron chi connectivity index (χ0n) is 12.2. The van der Waals surface area contributed by atoms with Crippen molar-refractivity contribution < 1.29 is 23.4 Å². The van der Waals surface area contributed by atoms with Gasteiger partial charge in [0.05, 0.1) is 17.4 Å². The third kappa shape index (κ3) is 3.03. The summed E-state index contributed by atoms with van der Waals surface area (Å²) in [4.78, 5) is 4.14. The van der Waals surface area contributed by atoms with E-state index in [9.17, 15) is 23.4 Å². The molecular weight excluding hydrogens is 307 g/mol. The zero-order chi connectivity index (χ0) is 16.7. The van der Waals surface area contributed by atoms with Gasteiger partial charge >= 0.3 is 6.18 Å². The number of aromatic hydroxyl groups is 1. The van der Waals surface area contributed by atoms with Crippen molar-refractivity contribution in [1.29, 1.82) is 0 Å². The number of halogens is 3. The highest BCUT2D eigenvalue weighted by atomic mass is 19.4. The van der Waals surface area contributed by atoms with Crippen molar-refractivity contribution in [2.75, 3.05) is 0 Å². The number of aliphatic hydroxyl groups excluding tert-OH is 1. The Morgan fingerprint density at radius 2 is 1.78 bits per heavy atom. The monoisotopic (exact) mass is 323 g/mol. The van der Waals surface area contributed by atoms with Crippen LogP contribution >= 0.6 is 0 Å². The lowest BCUT2D eigenvalue weighted by Gasteiger charge is -2.46. The van der Waals surface area contributed by atoms with Crippen LogP contribution in [0.1, 0.15) is 29.7 Å². The van der Waals surface area contributed by atoms with Crippen molar-refractivity contribution in [1.82, 2.24) is 4.98 Å². The number of rotatable bonds is 3. The average molecular weight is 323 g/mol. The van der Waals surface area contributed by atoms with E-state index in [1.165, 1.54) is 18.2 Å². The van der Waals surface area contributed by atoms with Crippen LogP contribution in [0.15, 0.2) is 42.6 Å². The van der Waals surface area contributed by atoms with Crippen LogP contribution in [0.5, 0.6) is 5.75 Å². The van der Waals surface area contributed by atoms with Gasteiger partial charge in [0.1, 0.15) is 5.75 Å². The topological polar surface area (TPSA) is 53.4 Å². The number of aliphatic hydroxyl groups is 1. The predicted octanol–water partition coefficient (Wildman–Crippen LogP) is 3.44. The Labute approximate surface area is 131 Å². The number of hydrogen-bond donors (Lipinski definition) is 2. The second-order valence-corrected chi connectivity index (χ2v) is 6.06. The standard InChI is InChI=1S/C17H16F3NO2/c18-17(19,20)12-5-3-11(4-6-12)16(8-13(22)9-16)10-14-15(23)2-1-7-21-14/h1-7,13,22-23H,8-10H2. The molecule has 1 aliphatic rings. The molecule has 6 heteroatoms. The van der Waals surface area contributed by atoms with Gasteiger partial charge < -0.3 is 10.2 Å². The highest BCUT2D eigenvalue weighted by molar-refractivity contribution is 5.37. The minimum absolute atomic E-state index is 0.0557. The third-order valence-corrected chi connectivity index (χ3v) is 4.45. The Bertz CT molecular complexity index is 692. The first-order valence-electron chi connectivity index (χ1n) is 7.29. The lowest BCUT2D eigenvalue weighted by Crippen LogP contribution is -2.46. The lowest BCUT2D eigenvalue weighted by atomic mass is 9.60. The quantitative estimate of drug-likeness (QED) is 0.910. The molecule has 0 atom stereocenters. The molecule has 0 unspecified atom stereocenters. The molecule has 2 aromatic rings. The number of alkyl halides is 3. The van der Waals surface area contributed by atoms with Crippen LogP contribution in [0, 0.1) is 0 Å². The number of aromatic nitrogens is 1. The molecule has 0 aliphatic heterocycles. The highest BCUT2D eigenvalue weighted by Gasteiger charge is 2.45. The minimum atomic E-state index is -4.37. The Kier molecular flexibility index (Phi) is 3.80. The van der Waals surface area contributed by atoms with Crippen LogP contribution in [-0.2, 0) is 18.0 Å². The second-order valence-electron chi connectivity index (χ2n) is 6.06. The fraction of sp³-hybridized carbons (Fsp3) is 0.353. The summed E-state index contributed by atoms with van der Waals surface area (Å²) in [6.45, 7) is 0. The number of pyridine rings is 1. The van der Waals surface area contributed by atoms with Crippen molar-refractivity contribution in [2.24, 2.45) is 0 Å². The van der Waals surface area contributed by atoms with Crippen LogP contribution in [0.4, 0.5) is 13.2 Å².